The van der Waals surface area contributed by atoms with Crippen LogP contribution in [0.5, 0.6) is 0 Å². The van der Waals surface area contributed by atoms with E-state index >= 15 is 0 Å². The lowest BCUT2D eigenvalue weighted by Crippen LogP contribution is -2.16. The van der Waals surface area contributed by atoms with Gasteiger partial charge in [-0.15, -0.1) is 0 Å². The molecule has 0 bridgehead atoms. The lowest BCUT2D eigenvalue weighted by Gasteiger charge is -2.10. The van der Waals surface area contributed by atoms with Crippen LogP contribution in [0.1, 0.15) is 39.0 Å². The van der Waals surface area contributed by atoms with Crippen molar-refractivity contribution in [3.05, 3.63) is 70.4 Å². The van der Waals surface area contributed by atoms with Gasteiger partial charge in [0.1, 0.15) is 0 Å². The zero-order valence-corrected chi connectivity index (χ0v) is 15.4. The normalized spacial score (nSPS) is 10.9. The molecule has 134 valence electrons. The van der Waals surface area contributed by atoms with Gasteiger partial charge in [-0.3, -0.25) is 9.59 Å². The van der Waals surface area contributed by atoms with Crippen molar-refractivity contribution in [3.63, 3.8) is 0 Å². The van der Waals surface area contributed by atoms with Crippen LogP contribution in [-0.4, -0.2) is 23.3 Å². The molecule has 4 nitrogen and oxygen atoms in total. The molecule has 0 saturated carbocycles. The molecule has 0 aliphatic carbocycles. The van der Waals surface area contributed by atoms with E-state index in [1.165, 1.54) is 0 Å². The van der Waals surface area contributed by atoms with Crippen molar-refractivity contribution in [2.75, 3.05) is 6.61 Å². The summed E-state index contributed by atoms with van der Waals surface area (Å²) in [5.74, 6) is -0.508. The third-order valence-electron chi connectivity index (χ3n) is 4.59. The third kappa shape index (κ3) is 3.85. The van der Waals surface area contributed by atoms with Crippen molar-refractivity contribution in [1.82, 2.24) is 4.98 Å². The molecule has 0 amide bonds. The Labute approximate surface area is 153 Å². The van der Waals surface area contributed by atoms with Crippen molar-refractivity contribution >= 4 is 22.7 Å². The van der Waals surface area contributed by atoms with E-state index in [-0.39, 0.29) is 24.8 Å². The first kappa shape index (κ1) is 17.9. The minimum Gasteiger partial charge on any atom is -0.457 e. The van der Waals surface area contributed by atoms with Crippen LogP contribution < -0.4 is 0 Å². The number of hydrogen-bond acceptors (Lipinski definition) is 3. The average Bonchev–Trinajstić information content (AvgIpc) is 3.00. The van der Waals surface area contributed by atoms with Gasteiger partial charge in [-0.2, -0.15) is 0 Å². The molecule has 0 atom stereocenters. The summed E-state index contributed by atoms with van der Waals surface area (Å²) in [4.78, 5) is 27.7. The molecule has 3 rings (SSSR count). The Hall–Kier alpha value is -2.88. The topological polar surface area (TPSA) is 59.2 Å². The maximum absolute atomic E-state index is 12.4. The van der Waals surface area contributed by atoms with Crippen LogP contribution >= 0.6 is 0 Å². The molecule has 2 aromatic carbocycles. The van der Waals surface area contributed by atoms with Crippen LogP contribution in [-0.2, 0) is 16.0 Å². The molecule has 0 aliphatic heterocycles. The van der Waals surface area contributed by atoms with Crippen molar-refractivity contribution in [2.24, 2.45) is 0 Å². The van der Waals surface area contributed by atoms with Gasteiger partial charge in [0.2, 0.25) is 5.78 Å². The lowest BCUT2D eigenvalue weighted by atomic mass is 9.97. The third-order valence-corrected chi connectivity index (χ3v) is 4.59. The number of aromatic nitrogens is 1. The van der Waals surface area contributed by atoms with Gasteiger partial charge in [0.15, 0.2) is 6.61 Å². The zero-order valence-electron chi connectivity index (χ0n) is 15.4. The number of aromatic amines is 1. The van der Waals surface area contributed by atoms with E-state index in [1.54, 1.807) is 0 Å². The molecule has 0 radical (unpaired) electrons. The number of rotatable bonds is 6. The number of ether oxygens (including phenoxy) is 1. The van der Waals surface area contributed by atoms with Crippen molar-refractivity contribution in [3.8, 4) is 0 Å². The molecule has 3 aromatic rings. The number of esters is 1. The second kappa shape index (κ2) is 7.56. The van der Waals surface area contributed by atoms with E-state index in [2.05, 4.69) is 4.98 Å². The molecule has 1 heterocycles. The number of hydrogen-bond donors (Lipinski definition) is 1. The molecule has 0 fully saturated rings. The number of nitrogens with one attached hydrogen (secondary N) is 1. The summed E-state index contributed by atoms with van der Waals surface area (Å²) in [5.41, 5.74) is 5.74. The van der Waals surface area contributed by atoms with Crippen molar-refractivity contribution in [1.29, 1.82) is 0 Å². The van der Waals surface area contributed by atoms with E-state index < -0.39 is 0 Å². The molecule has 0 spiro atoms. The fraction of sp³-hybridized carbons (Fsp3) is 0.273. The van der Waals surface area contributed by atoms with Gasteiger partial charge >= 0.3 is 5.97 Å². The summed E-state index contributed by atoms with van der Waals surface area (Å²) in [6.07, 6.45) is 2.75. The summed E-state index contributed by atoms with van der Waals surface area (Å²) in [5, 5.41) is 1.11. The van der Waals surface area contributed by atoms with Gasteiger partial charge in [-0.1, -0.05) is 35.9 Å². The fourth-order valence-electron chi connectivity index (χ4n) is 3.49. The Morgan fingerprint density at radius 1 is 1.04 bits per heavy atom. The SMILES string of the molecule is Cc1cc(C)c(C(=O)COC(=O)CCc2c[nH]c3ccccc23)c(C)c1. The summed E-state index contributed by atoms with van der Waals surface area (Å²) >= 11 is 0. The standard InChI is InChI=1S/C22H23NO3/c1-14-10-15(2)22(16(3)11-14)20(24)13-26-21(25)9-8-17-12-23-19-7-5-4-6-18(17)19/h4-7,10-12,23H,8-9,13H2,1-3H3. The van der Waals surface area contributed by atoms with Gasteiger partial charge in [0, 0.05) is 29.1 Å². The van der Waals surface area contributed by atoms with Crippen LogP contribution in [0.2, 0.25) is 0 Å². The minimum atomic E-state index is -0.356. The number of fused-ring (bicyclic) bond motifs is 1. The Bertz CT molecular complexity index is 945. The highest BCUT2D eigenvalue weighted by atomic mass is 16.5. The van der Waals surface area contributed by atoms with E-state index in [0.29, 0.717) is 12.0 Å². The molecule has 0 unspecified atom stereocenters. The minimum absolute atomic E-state index is 0.152. The summed E-state index contributed by atoms with van der Waals surface area (Å²) in [6.45, 7) is 5.61. The van der Waals surface area contributed by atoms with Gasteiger partial charge in [0.25, 0.3) is 0 Å². The van der Waals surface area contributed by atoms with Crippen LogP contribution in [0, 0.1) is 20.8 Å². The van der Waals surface area contributed by atoms with Gasteiger partial charge in [0.05, 0.1) is 0 Å². The van der Waals surface area contributed by atoms with Crippen molar-refractivity contribution < 1.29 is 14.3 Å². The number of ketones is 1. The highest BCUT2D eigenvalue weighted by molar-refractivity contribution is 6.00. The Kier molecular flexibility index (Phi) is 5.21. The maximum Gasteiger partial charge on any atom is 0.306 e. The van der Waals surface area contributed by atoms with Crippen LogP contribution in [0.4, 0.5) is 0 Å². The second-order valence-corrected chi connectivity index (χ2v) is 6.72. The lowest BCUT2D eigenvalue weighted by molar-refractivity contribution is -0.142. The fourth-order valence-corrected chi connectivity index (χ4v) is 3.49. The summed E-state index contributed by atoms with van der Waals surface area (Å²) < 4.78 is 5.21. The smallest absolute Gasteiger partial charge is 0.306 e. The maximum atomic E-state index is 12.4. The van der Waals surface area contributed by atoms with Crippen LogP contribution in [0.3, 0.4) is 0 Å². The van der Waals surface area contributed by atoms with E-state index in [1.807, 2.05) is 63.4 Å². The second-order valence-electron chi connectivity index (χ2n) is 6.72. The number of para-hydroxylation sites is 1. The van der Waals surface area contributed by atoms with Crippen LogP contribution in [0.15, 0.2) is 42.6 Å². The molecular formula is C22H23NO3. The summed E-state index contributed by atoms with van der Waals surface area (Å²) in [7, 11) is 0. The number of Topliss-reactive ketones (excluding diaryl/α,β-unsaturated/α-hetero) is 1. The number of carbonyl (C=O) groups excluding carboxylic acids is 2. The summed E-state index contributed by atoms with van der Waals surface area (Å²) in [6, 6.07) is 11.9. The quantitative estimate of drug-likeness (QED) is 0.528. The first-order chi connectivity index (χ1) is 12.5. The number of carbonyl (C=O) groups is 2. The predicted octanol–water partition coefficient (Wildman–Crippen LogP) is 4.45. The number of aryl methyl sites for hydroxylation is 4. The first-order valence-corrected chi connectivity index (χ1v) is 8.77. The Morgan fingerprint density at radius 2 is 1.73 bits per heavy atom. The van der Waals surface area contributed by atoms with Gasteiger partial charge in [-0.25, -0.2) is 0 Å². The highest BCUT2D eigenvalue weighted by Crippen LogP contribution is 2.20. The molecule has 4 heteroatoms. The zero-order chi connectivity index (χ0) is 18.7. The molecule has 26 heavy (non-hydrogen) atoms. The van der Waals surface area contributed by atoms with E-state index in [9.17, 15) is 9.59 Å². The van der Waals surface area contributed by atoms with Gasteiger partial charge < -0.3 is 9.72 Å². The molecule has 1 aromatic heterocycles. The average molecular weight is 349 g/mol. The molecular weight excluding hydrogens is 326 g/mol. The highest BCUT2D eigenvalue weighted by Gasteiger charge is 2.15. The molecule has 0 saturated heterocycles. The largest absolute Gasteiger partial charge is 0.457 e. The monoisotopic (exact) mass is 349 g/mol. The van der Waals surface area contributed by atoms with Crippen molar-refractivity contribution in [2.45, 2.75) is 33.6 Å². The predicted molar refractivity (Wildman–Crippen MR) is 103 cm³/mol. The van der Waals surface area contributed by atoms with E-state index in [0.717, 1.165) is 33.2 Å². The van der Waals surface area contributed by atoms with Gasteiger partial charge in [-0.05, 0) is 49.9 Å². The number of H-pyrrole nitrogens is 1. The first-order valence-electron chi connectivity index (χ1n) is 8.77. The Balaban J connectivity index is 1.57. The molecule has 0 aliphatic rings. The number of benzene rings is 2. The molecule has 1 N–H and O–H groups in total. The van der Waals surface area contributed by atoms with Crippen LogP contribution in [0.25, 0.3) is 10.9 Å². The van der Waals surface area contributed by atoms with E-state index in [4.69, 9.17) is 4.74 Å². The Morgan fingerprint density at radius 3 is 2.46 bits per heavy atom.